The van der Waals surface area contributed by atoms with Gasteiger partial charge in [-0.15, -0.1) is 0 Å². The first-order valence-corrected chi connectivity index (χ1v) is 9.03. The largest absolute Gasteiger partial charge is 0.378 e. The maximum atomic E-state index is 13.7. The Labute approximate surface area is 159 Å². The molecule has 0 aliphatic carbocycles. The average Bonchev–Trinajstić information content (AvgIpc) is 2.69. The van der Waals surface area contributed by atoms with Gasteiger partial charge in [0, 0.05) is 51.5 Å². The second-order valence-electron chi connectivity index (χ2n) is 6.88. The molecular weight excluding hydrogens is 345 g/mol. The van der Waals surface area contributed by atoms with Gasteiger partial charge in [-0.2, -0.15) is 0 Å². The van der Waals surface area contributed by atoms with Crippen LogP contribution in [0.1, 0.15) is 15.9 Å². The van der Waals surface area contributed by atoms with Crippen LogP contribution in [0.2, 0.25) is 0 Å². The molecule has 0 atom stereocenters. The normalized spacial score (nSPS) is 14.2. The minimum Gasteiger partial charge on any atom is -0.378 e. The maximum absolute atomic E-state index is 13.7. The zero-order valence-corrected chi connectivity index (χ0v) is 15.7. The first-order chi connectivity index (χ1) is 13.0. The van der Waals surface area contributed by atoms with Crippen molar-refractivity contribution in [2.45, 2.75) is 6.42 Å². The molecule has 1 saturated heterocycles. The highest BCUT2D eigenvalue weighted by molar-refractivity contribution is 5.94. The van der Waals surface area contributed by atoms with Crippen LogP contribution in [0.15, 0.2) is 48.5 Å². The molecule has 0 saturated carbocycles. The van der Waals surface area contributed by atoms with E-state index in [9.17, 15) is 14.0 Å². The van der Waals surface area contributed by atoms with E-state index >= 15 is 0 Å². The summed E-state index contributed by atoms with van der Waals surface area (Å²) in [5, 5.41) is 0. The minimum atomic E-state index is -0.360. The number of carbonyl (C=O) groups is 2. The van der Waals surface area contributed by atoms with Crippen LogP contribution in [0.3, 0.4) is 0 Å². The Kier molecular flexibility index (Phi) is 5.74. The summed E-state index contributed by atoms with van der Waals surface area (Å²) in [6, 6.07) is 13.8. The summed E-state index contributed by atoms with van der Waals surface area (Å²) >= 11 is 0. The molecule has 0 radical (unpaired) electrons. The van der Waals surface area contributed by atoms with Crippen molar-refractivity contribution in [1.29, 1.82) is 0 Å². The van der Waals surface area contributed by atoms with Crippen molar-refractivity contribution in [3.8, 4) is 0 Å². The van der Waals surface area contributed by atoms with Crippen LogP contribution in [0, 0.1) is 5.82 Å². The Morgan fingerprint density at radius 2 is 1.52 bits per heavy atom. The fraction of sp³-hybridized carbons (Fsp3) is 0.333. The fourth-order valence-corrected chi connectivity index (χ4v) is 3.16. The van der Waals surface area contributed by atoms with Crippen molar-refractivity contribution in [1.82, 2.24) is 9.80 Å². The summed E-state index contributed by atoms with van der Waals surface area (Å²) in [5.41, 5.74) is 2.09. The molecule has 0 unspecified atom stereocenters. The van der Waals surface area contributed by atoms with Crippen molar-refractivity contribution in [3.05, 3.63) is 65.5 Å². The topological polar surface area (TPSA) is 43.9 Å². The molecule has 142 valence electrons. The van der Waals surface area contributed by atoms with E-state index in [2.05, 4.69) is 0 Å². The highest BCUT2D eigenvalue weighted by Gasteiger charge is 2.25. The number of rotatable bonds is 4. The molecule has 6 heteroatoms. The van der Waals surface area contributed by atoms with Gasteiger partial charge >= 0.3 is 0 Å². The molecule has 2 amide bonds. The lowest BCUT2D eigenvalue weighted by molar-refractivity contribution is -0.132. The molecule has 0 bridgehead atoms. The quantitative estimate of drug-likeness (QED) is 0.831. The third kappa shape index (κ3) is 4.45. The Morgan fingerprint density at radius 3 is 2.11 bits per heavy atom. The van der Waals surface area contributed by atoms with E-state index in [0.29, 0.717) is 37.3 Å². The summed E-state index contributed by atoms with van der Waals surface area (Å²) in [6.45, 7) is 1.90. The van der Waals surface area contributed by atoms with Gasteiger partial charge in [-0.25, -0.2) is 4.39 Å². The van der Waals surface area contributed by atoms with Crippen LogP contribution in [-0.2, 0) is 11.2 Å². The van der Waals surface area contributed by atoms with Gasteiger partial charge in [-0.05, 0) is 35.9 Å². The zero-order chi connectivity index (χ0) is 19.4. The third-order valence-corrected chi connectivity index (χ3v) is 4.85. The standard InChI is InChI=1S/C21H24FN3O2/c1-23(2)18-9-7-16(8-10-18)21(27)25-13-11-24(12-14-25)20(26)15-17-5-3-4-6-19(17)22/h3-10H,11-15H2,1-2H3. The van der Waals surface area contributed by atoms with Gasteiger partial charge in [0.15, 0.2) is 0 Å². The number of carbonyl (C=O) groups excluding carboxylic acids is 2. The van der Waals surface area contributed by atoms with Gasteiger partial charge in [-0.1, -0.05) is 18.2 Å². The molecule has 1 heterocycles. The lowest BCUT2D eigenvalue weighted by atomic mass is 10.1. The van der Waals surface area contributed by atoms with Gasteiger partial charge in [0.05, 0.1) is 6.42 Å². The second kappa shape index (κ2) is 8.20. The first-order valence-electron chi connectivity index (χ1n) is 9.03. The van der Waals surface area contributed by atoms with Crippen LogP contribution in [0.5, 0.6) is 0 Å². The summed E-state index contributed by atoms with van der Waals surface area (Å²) in [5.74, 6) is -0.495. The molecule has 2 aromatic carbocycles. The van der Waals surface area contributed by atoms with E-state index < -0.39 is 0 Å². The lowest BCUT2D eigenvalue weighted by Gasteiger charge is -2.35. The predicted molar refractivity (Wildman–Crippen MR) is 103 cm³/mol. The smallest absolute Gasteiger partial charge is 0.253 e. The molecule has 1 fully saturated rings. The zero-order valence-electron chi connectivity index (χ0n) is 15.7. The predicted octanol–water partition coefficient (Wildman–Crippen LogP) is 2.42. The van der Waals surface area contributed by atoms with E-state index in [4.69, 9.17) is 0 Å². The lowest BCUT2D eigenvalue weighted by Crippen LogP contribution is -2.51. The van der Waals surface area contributed by atoms with Crippen molar-refractivity contribution < 1.29 is 14.0 Å². The number of halogens is 1. The average molecular weight is 369 g/mol. The number of piperazine rings is 1. The Balaban J connectivity index is 1.55. The molecular formula is C21H24FN3O2. The van der Waals surface area contributed by atoms with Crippen molar-refractivity contribution in [2.75, 3.05) is 45.2 Å². The SMILES string of the molecule is CN(C)c1ccc(C(=O)N2CCN(C(=O)Cc3ccccc3F)CC2)cc1. The van der Waals surface area contributed by atoms with Crippen LogP contribution in [-0.4, -0.2) is 61.9 Å². The molecule has 2 aromatic rings. The highest BCUT2D eigenvalue weighted by atomic mass is 19.1. The summed E-state index contributed by atoms with van der Waals surface area (Å²) in [7, 11) is 3.91. The molecule has 0 spiro atoms. The summed E-state index contributed by atoms with van der Waals surface area (Å²) in [6.07, 6.45) is 0.0482. The summed E-state index contributed by atoms with van der Waals surface area (Å²) in [4.78, 5) is 30.5. The van der Waals surface area contributed by atoms with Crippen molar-refractivity contribution >= 4 is 17.5 Å². The molecule has 3 rings (SSSR count). The van der Waals surface area contributed by atoms with E-state index in [0.717, 1.165) is 5.69 Å². The van der Waals surface area contributed by atoms with E-state index in [1.54, 1.807) is 28.0 Å². The number of hydrogen-bond acceptors (Lipinski definition) is 3. The minimum absolute atomic E-state index is 0.0264. The molecule has 1 aliphatic rings. The van der Waals surface area contributed by atoms with E-state index in [-0.39, 0.29) is 24.1 Å². The third-order valence-electron chi connectivity index (χ3n) is 4.85. The van der Waals surface area contributed by atoms with Gasteiger partial charge < -0.3 is 14.7 Å². The Bertz CT molecular complexity index is 812. The van der Waals surface area contributed by atoms with Gasteiger partial charge in [-0.3, -0.25) is 9.59 Å². The number of benzene rings is 2. The number of anilines is 1. The maximum Gasteiger partial charge on any atom is 0.253 e. The number of nitrogens with zero attached hydrogens (tertiary/aromatic N) is 3. The molecule has 1 aliphatic heterocycles. The number of amides is 2. The summed E-state index contributed by atoms with van der Waals surface area (Å²) < 4.78 is 13.7. The highest BCUT2D eigenvalue weighted by Crippen LogP contribution is 2.16. The van der Waals surface area contributed by atoms with E-state index in [1.165, 1.54) is 6.07 Å². The fourth-order valence-electron chi connectivity index (χ4n) is 3.16. The van der Waals surface area contributed by atoms with Gasteiger partial charge in [0.2, 0.25) is 5.91 Å². The van der Waals surface area contributed by atoms with Crippen LogP contribution >= 0.6 is 0 Å². The van der Waals surface area contributed by atoms with Gasteiger partial charge in [0.1, 0.15) is 5.82 Å². The molecule has 0 aromatic heterocycles. The van der Waals surface area contributed by atoms with Crippen LogP contribution in [0.4, 0.5) is 10.1 Å². The van der Waals surface area contributed by atoms with Crippen molar-refractivity contribution in [2.24, 2.45) is 0 Å². The monoisotopic (exact) mass is 369 g/mol. The van der Waals surface area contributed by atoms with Crippen LogP contribution < -0.4 is 4.90 Å². The van der Waals surface area contributed by atoms with Crippen molar-refractivity contribution in [3.63, 3.8) is 0 Å². The van der Waals surface area contributed by atoms with E-state index in [1.807, 2.05) is 43.3 Å². The molecule has 5 nitrogen and oxygen atoms in total. The Hall–Kier alpha value is -2.89. The van der Waals surface area contributed by atoms with Crippen LogP contribution in [0.25, 0.3) is 0 Å². The van der Waals surface area contributed by atoms with Gasteiger partial charge in [0.25, 0.3) is 5.91 Å². The Morgan fingerprint density at radius 1 is 0.926 bits per heavy atom. The molecule has 0 N–H and O–H groups in total. The number of hydrogen-bond donors (Lipinski definition) is 0. The first kappa shape index (κ1) is 18.9. The second-order valence-corrected chi connectivity index (χ2v) is 6.88. The molecule has 27 heavy (non-hydrogen) atoms.